The van der Waals surface area contributed by atoms with E-state index in [2.05, 4.69) is 47.5 Å². The van der Waals surface area contributed by atoms with Crippen LogP contribution in [0.25, 0.3) is 0 Å². The van der Waals surface area contributed by atoms with Crippen LogP contribution in [0.3, 0.4) is 0 Å². The first-order valence-electron chi connectivity index (χ1n) is 7.25. The second-order valence-electron chi connectivity index (χ2n) is 6.25. The minimum absolute atomic E-state index is 0.626. The maximum Gasteiger partial charge on any atom is 0.0166 e. The van der Waals surface area contributed by atoms with Crippen molar-refractivity contribution in [2.75, 3.05) is 26.2 Å². The van der Waals surface area contributed by atoms with Gasteiger partial charge in [-0.2, -0.15) is 0 Å². The van der Waals surface area contributed by atoms with Crippen molar-refractivity contribution in [3.63, 3.8) is 0 Å². The van der Waals surface area contributed by atoms with Crippen LogP contribution in [0.2, 0.25) is 0 Å². The van der Waals surface area contributed by atoms with Crippen LogP contribution in [0.1, 0.15) is 25.3 Å². The van der Waals surface area contributed by atoms with Gasteiger partial charge in [0.05, 0.1) is 0 Å². The zero-order valence-electron chi connectivity index (χ0n) is 11.4. The summed E-state index contributed by atoms with van der Waals surface area (Å²) < 4.78 is 0. The summed E-state index contributed by atoms with van der Waals surface area (Å²) in [5, 5.41) is 3.68. The number of benzene rings is 1. The quantitative estimate of drug-likeness (QED) is 0.877. The van der Waals surface area contributed by atoms with E-state index >= 15 is 0 Å². The Bertz CT molecular complexity index is 383. The van der Waals surface area contributed by atoms with Crippen LogP contribution in [0.5, 0.6) is 0 Å². The largest absolute Gasteiger partial charge is 0.312 e. The topological polar surface area (TPSA) is 15.3 Å². The van der Waals surface area contributed by atoms with E-state index in [1.54, 1.807) is 0 Å². The van der Waals surface area contributed by atoms with Gasteiger partial charge in [-0.15, -0.1) is 0 Å². The Morgan fingerprint density at radius 1 is 1.28 bits per heavy atom. The molecule has 1 saturated heterocycles. The monoisotopic (exact) mass is 244 g/mol. The smallest absolute Gasteiger partial charge is 0.0166 e. The molecule has 0 bridgehead atoms. The van der Waals surface area contributed by atoms with Crippen molar-refractivity contribution >= 4 is 0 Å². The van der Waals surface area contributed by atoms with E-state index in [0.29, 0.717) is 11.5 Å². The Morgan fingerprint density at radius 2 is 2.06 bits per heavy atom. The van der Waals surface area contributed by atoms with Gasteiger partial charge < -0.3 is 10.2 Å². The number of rotatable bonds is 3. The molecule has 1 aromatic carbocycles. The lowest BCUT2D eigenvalue weighted by Gasteiger charge is -2.24. The number of nitrogens with zero attached hydrogens (tertiary/aromatic N) is 1. The Hall–Kier alpha value is -0.860. The minimum Gasteiger partial charge on any atom is -0.312 e. The molecule has 2 aliphatic rings. The third-order valence-electron chi connectivity index (χ3n) is 4.43. The van der Waals surface area contributed by atoms with Gasteiger partial charge in [-0.05, 0) is 37.2 Å². The summed E-state index contributed by atoms with van der Waals surface area (Å²) in [5.41, 5.74) is 2.09. The fraction of sp³-hybridized carbons (Fsp3) is 0.625. The van der Waals surface area contributed by atoms with Crippen molar-refractivity contribution in [2.45, 2.75) is 32.2 Å². The molecular formula is C16H24N2. The van der Waals surface area contributed by atoms with E-state index in [0.717, 1.165) is 0 Å². The second kappa shape index (κ2) is 5.02. The van der Waals surface area contributed by atoms with Crippen LogP contribution in [0, 0.1) is 5.41 Å². The molecule has 1 aliphatic carbocycles. The predicted molar refractivity (Wildman–Crippen MR) is 75.7 cm³/mol. The zero-order chi connectivity index (χ0) is 12.4. The third-order valence-corrected chi connectivity index (χ3v) is 4.43. The van der Waals surface area contributed by atoms with Crippen LogP contribution in [0.4, 0.5) is 0 Å². The van der Waals surface area contributed by atoms with Crippen molar-refractivity contribution < 1.29 is 0 Å². The molecule has 3 rings (SSSR count). The van der Waals surface area contributed by atoms with E-state index in [4.69, 9.17) is 0 Å². The lowest BCUT2D eigenvalue weighted by atomic mass is 10.1. The summed E-state index contributed by atoms with van der Waals surface area (Å²) in [5.74, 6) is 0. The SMILES string of the molecule is CC1CN(CCc2ccccc2)CC2(CC2)CN1. The van der Waals surface area contributed by atoms with Gasteiger partial charge in [0.2, 0.25) is 0 Å². The molecule has 1 spiro atoms. The fourth-order valence-corrected chi connectivity index (χ4v) is 3.05. The van der Waals surface area contributed by atoms with Crippen molar-refractivity contribution in [2.24, 2.45) is 5.41 Å². The van der Waals surface area contributed by atoms with Gasteiger partial charge in [0.25, 0.3) is 0 Å². The number of hydrogen-bond acceptors (Lipinski definition) is 2. The standard InChI is InChI=1S/C16H24N2/c1-14-11-18(13-16(8-9-16)12-17-14)10-7-15-5-3-2-4-6-15/h2-6,14,17H,7-13H2,1H3. The molecule has 1 unspecified atom stereocenters. The first kappa shape index (κ1) is 12.2. The van der Waals surface area contributed by atoms with Gasteiger partial charge in [-0.3, -0.25) is 0 Å². The maximum absolute atomic E-state index is 3.68. The Morgan fingerprint density at radius 3 is 2.78 bits per heavy atom. The van der Waals surface area contributed by atoms with E-state index in [-0.39, 0.29) is 0 Å². The fourth-order valence-electron chi connectivity index (χ4n) is 3.05. The third kappa shape index (κ3) is 2.93. The minimum atomic E-state index is 0.626. The van der Waals surface area contributed by atoms with E-state index in [1.807, 2.05) is 0 Å². The molecule has 2 fully saturated rings. The van der Waals surface area contributed by atoms with E-state index in [1.165, 1.54) is 51.0 Å². The van der Waals surface area contributed by atoms with Crippen LogP contribution in [-0.2, 0) is 6.42 Å². The molecule has 0 amide bonds. The summed E-state index contributed by atoms with van der Waals surface area (Å²) in [7, 11) is 0. The van der Waals surface area contributed by atoms with Gasteiger partial charge >= 0.3 is 0 Å². The van der Waals surface area contributed by atoms with Crippen molar-refractivity contribution in [1.82, 2.24) is 10.2 Å². The Labute approximate surface area is 110 Å². The van der Waals surface area contributed by atoms with E-state index < -0.39 is 0 Å². The van der Waals surface area contributed by atoms with E-state index in [9.17, 15) is 0 Å². The molecule has 2 heteroatoms. The van der Waals surface area contributed by atoms with Crippen LogP contribution in [-0.4, -0.2) is 37.1 Å². The molecule has 1 saturated carbocycles. The maximum atomic E-state index is 3.68. The molecule has 1 atom stereocenters. The summed E-state index contributed by atoms with van der Waals surface area (Å²) in [6, 6.07) is 11.5. The molecule has 1 aliphatic heterocycles. The number of hydrogen-bond donors (Lipinski definition) is 1. The summed E-state index contributed by atoms with van der Waals surface area (Å²) in [6.07, 6.45) is 4.03. The Balaban J connectivity index is 1.57. The normalized spacial score (nSPS) is 27.1. The highest BCUT2D eigenvalue weighted by Crippen LogP contribution is 2.46. The van der Waals surface area contributed by atoms with Gasteiger partial charge in [-0.25, -0.2) is 0 Å². The second-order valence-corrected chi connectivity index (χ2v) is 6.25. The molecular weight excluding hydrogens is 220 g/mol. The predicted octanol–water partition coefficient (Wildman–Crippen LogP) is 2.30. The average molecular weight is 244 g/mol. The zero-order valence-corrected chi connectivity index (χ0v) is 11.4. The van der Waals surface area contributed by atoms with Crippen molar-refractivity contribution in [3.05, 3.63) is 35.9 Å². The lowest BCUT2D eigenvalue weighted by Crippen LogP contribution is -2.36. The summed E-state index contributed by atoms with van der Waals surface area (Å²) >= 11 is 0. The number of nitrogens with one attached hydrogen (secondary N) is 1. The summed E-state index contributed by atoms with van der Waals surface area (Å²) in [4.78, 5) is 2.67. The molecule has 1 aromatic rings. The average Bonchev–Trinajstić information content (AvgIpc) is 3.17. The first-order chi connectivity index (χ1) is 8.76. The molecule has 2 nitrogen and oxygen atoms in total. The molecule has 0 aromatic heterocycles. The molecule has 18 heavy (non-hydrogen) atoms. The van der Waals surface area contributed by atoms with Crippen LogP contribution in [0.15, 0.2) is 30.3 Å². The highest BCUT2D eigenvalue weighted by molar-refractivity contribution is 5.15. The van der Waals surface area contributed by atoms with Crippen LogP contribution >= 0.6 is 0 Å². The molecule has 0 radical (unpaired) electrons. The highest BCUT2D eigenvalue weighted by atomic mass is 15.2. The van der Waals surface area contributed by atoms with Crippen molar-refractivity contribution in [3.8, 4) is 0 Å². The van der Waals surface area contributed by atoms with Crippen LogP contribution < -0.4 is 5.32 Å². The van der Waals surface area contributed by atoms with Gasteiger partial charge in [0.1, 0.15) is 0 Å². The van der Waals surface area contributed by atoms with Gasteiger partial charge in [0, 0.05) is 32.2 Å². The highest BCUT2D eigenvalue weighted by Gasteiger charge is 2.45. The lowest BCUT2D eigenvalue weighted by molar-refractivity contribution is 0.241. The first-order valence-corrected chi connectivity index (χ1v) is 7.25. The molecule has 1 heterocycles. The van der Waals surface area contributed by atoms with Gasteiger partial charge in [0.15, 0.2) is 0 Å². The Kier molecular flexibility index (Phi) is 3.40. The summed E-state index contributed by atoms with van der Waals surface area (Å²) in [6.45, 7) is 7.26. The van der Waals surface area contributed by atoms with Gasteiger partial charge in [-0.1, -0.05) is 30.3 Å². The van der Waals surface area contributed by atoms with Crippen molar-refractivity contribution in [1.29, 1.82) is 0 Å². The molecule has 1 N–H and O–H groups in total. The molecule has 98 valence electrons.